The third-order valence-electron chi connectivity index (χ3n) is 5.44. The Labute approximate surface area is 161 Å². The van der Waals surface area contributed by atoms with E-state index in [1.165, 1.54) is 11.9 Å². The molecule has 8 heteroatoms. The number of hydrogen-bond donors (Lipinski definition) is 1. The molecule has 0 saturated carbocycles. The van der Waals surface area contributed by atoms with Gasteiger partial charge in [0, 0.05) is 38.9 Å². The van der Waals surface area contributed by atoms with Crippen LogP contribution in [0.25, 0.3) is 27.6 Å². The third kappa shape index (κ3) is 2.87. The van der Waals surface area contributed by atoms with Crippen molar-refractivity contribution >= 4 is 21.9 Å². The summed E-state index contributed by atoms with van der Waals surface area (Å²) in [7, 11) is 2.16. The Bertz CT molecular complexity index is 1190. The molecule has 0 atom stereocenters. The molecular weight excluding hydrogens is 354 g/mol. The van der Waals surface area contributed by atoms with Crippen LogP contribution in [0, 0.1) is 0 Å². The number of likely N-dealkylation sites (N-methyl/N-ethyl adjacent to an activating group) is 1. The molecule has 4 aromatic rings. The second kappa shape index (κ2) is 6.81. The summed E-state index contributed by atoms with van der Waals surface area (Å²) in [6.07, 6.45) is 4.73. The average molecular weight is 375 g/mol. The first-order valence-electron chi connectivity index (χ1n) is 9.39. The fraction of sp³-hybridized carbons (Fsp3) is 0.300. The third-order valence-corrected chi connectivity index (χ3v) is 5.44. The van der Waals surface area contributed by atoms with Crippen LogP contribution in [0.3, 0.4) is 0 Å². The van der Waals surface area contributed by atoms with Crippen LogP contribution in [0.15, 0.2) is 47.8 Å². The largest absolute Gasteiger partial charge is 0.304 e. The Balaban J connectivity index is 1.53. The van der Waals surface area contributed by atoms with E-state index in [2.05, 4.69) is 49.1 Å². The fourth-order valence-corrected chi connectivity index (χ4v) is 3.80. The van der Waals surface area contributed by atoms with Crippen LogP contribution in [0.4, 0.5) is 0 Å². The van der Waals surface area contributed by atoms with Gasteiger partial charge >= 0.3 is 0 Å². The first kappa shape index (κ1) is 17.0. The normalized spacial score (nSPS) is 16.2. The Morgan fingerprint density at radius 1 is 1.04 bits per heavy atom. The molecule has 1 fully saturated rings. The van der Waals surface area contributed by atoms with Gasteiger partial charge in [0.25, 0.3) is 5.56 Å². The summed E-state index contributed by atoms with van der Waals surface area (Å²) in [6.45, 7) is 5.29. The molecule has 0 aliphatic carbocycles. The van der Waals surface area contributed by atoms with Crippen molar-refractivity contribution in [1.29, 1.82) is 0 Å². The molecule has 1 N–H and O–H groups in total. The van der Waals surface area contributed by atoms with Crippen LogP contribution in [0.1, 0.15) is 5.56 Å². The van der Waals surface area contributed by atoms with Crippen molar-refractivity contribution in [3.8, 4) is 5.69 Å². The second-order valence-corrected chi connectivity index (χ2v) is 7.31. The minimum absolute atomic E-state index is 0.137. The van der Waals surface area contributed by atoms with Gasteiger partial charge in [-0.15, -0.1) is 0 Å². The first-order chi connectivity index (χ1) is 13.7. The van der Waals surface area contributed by atoms with Crippen molar-refractivity contribution in [1.82, 2.24) is 34.5 Å². The lowest BCUT2D eigenvalue weighted by Gasteiger charge is -2.32. The number of nitrogens with one attached hydrogen (secondary N) is 1. The van der Waals surface area contributed by atoms with Crippen molar-refractivity contribution in [3.63, 3.8) is 0 Å². The highest BCUT2D eigenvalue weighted by molar-refractivity contribution is 6.01. The van der Waals surface area contributed by atoms with Crippen molar-refractivity contribution in [3.05, 3.63) is 58.9 Å². The molecule has 0 radical (unpaired) electrons. The number of nitrogens with zero attached hydrogens (tertiary/aromatic N) is 6. The molecule has 1 aromatic carbocycles. The summed E-state index contributed by atoms with van der Waals surface area (Å²) in [5, 5.41) is 8.22. The van der Waals surface area contributed by atoms with Gasteiger partial charge in [0.15, 0.2) is 5.65 Å². The molecular formula is C20H21N7O. The Morgan fingerprint density at radius 3 is 2.61 bits per heavy atom. The number of aromatic nitrogens is 5. The maximum Gasteiger partial charge on any atom is 0.267 e. The van der Waals surface area contributed by atoms with E-state index in [4.69, 9.17) is 0 Å². The van der Waals surface area contributed by atoms with E-state index in [-0.39, 0.29) is 5.56 Å². The Morgan fingerprint density at radius 2 is 1.82 bits per heavy atom. The van der Waals surface area contributed by atoms with Gasteiger partial charge in [-0.1, -0.05) is 12.1 Å². The summed E-state index contributed by atoms with van der Waals surface area (Å²) in [6, 6.07) is 8.15. The quantitative estimate of drug-likeness (QED) is 0.583. The molecule has 0 bridgehead atoms. The zero-order valence-corrected chi connectivity index (χ0v) is 15.7. The van der Waals surface area contributed by atoms with Gasteiger partial charge in [-0.05, 0) is 24.7 Å². The highest BCUT2D eigenvalue weighted by atomic mass is 16.1. The van der Waals surface area contributed by atoms with Gasteiger partial charge in [0.1, 0.15) is 6.33 Å². The van der Waals surface area contributed by atoms with Crippen LogP contribution in [0.5, 0.6) is 0 Å². The predicted octanol–water partition coefficient (Wildman–Crippen LogP) is 1.40. The standard InChI is InChI=1S/C20H21N7O/c1-25-6-8-26(9-7-25)12-14-2-4-15(5-3-14)27-19-16(10-21-13-22-19)18-17(20(27)28)11-23-24-18/h2-5,10-11,13H,6-9,12H2,1H3,(H,23,24). The topological polar surface area (TPSA) is 82.9 Å². The average Bonchev–Trinajstić information content (AvgIpc) is 3.22. The summed E-state index contributed by atoms with van der Waals surface area (Å²) >= 11 is 0. The van der Waals surface area contributed by atoms with Crippen LogP contribution in [0.2, 0.25) is 0 Å². The maximum atomic E-state index is 13.1. The lowest BCUT2D eigenvalue weighted by molar-refractivity contribution is 0.148. The molecule has 28 heavy (non-hydrogen) atoms. The minimum atomic E-state index is -0.137. The van der Waals surface area contributed by atoms with Gasteiger partial charge in [-0.3, -0.25) is 19.4 Å². The van der Waals surface area contributed by atoms with E-state index in [1.807, 2.05) is 12.1 Å². The van der Waals surface area contributed by atoms with Gasteiger partial charge in [-0.2, -0.15) is 5.10 Å². The number of pyridine rings is 1. The number of hydrogen-bond acceptors (Lipinski definition) is 6. The molecule has 1 aliphatic heterocycles. The fourth-order valence-electron chi connectivity index (χ4n) is 3.80. The molecule has 0 amide bonds. The highest BCUT2D eigenvalue weighted by Gasteiger charge is 2.16. The molecule has 1 aliphatic rings. The number of H-pyrrole nitrogens is 1. The van der Waals surface area contributed by atoms with Crippen LogP contribution < -0.4 is 5.56 Å². The molecule has 8 nitrogen and oxygen atoms in total. The second-order valence-electron chi connectivity index (χ2n) is 7.31. The number of piperazine rings is 1. The lowest BCUT2D eigenvalue weighted by Crippen LogP contribution is -2.43. The molecule has 3 aromatic heterocycles. The van der Waals surface area contributed by atoms with E-state index in [9.17, 15) is 4.79 Å². The van der Waals surface area contributed by atoms with Crippen LogP contribution in [-0.4, -0.2) is 67.8 Å². The summed E-state index contributed by atoms with van der Waals surface area (Å²) in [5.41, 5.74) is 3.14. The molecule has 4 heterocycles. The van der Waals surface area contributed by atoms with Crippen molar-refractivity contribution < 1.29 is 0 Å². The monoisotopic (exact) mass is 375 g/mol. The SMILES string of the molecule is CN1CCN(Cc2ccc(-n3c(=O)c4cn[nH]c4c4cncnc43)cc2)CC1. The van der Waals surface area contributed by atoms with Crippen molar-refractivity contribution in [2.75, 3.05) is 33.2 Å². The zero-order valence-electron chi connectivity index (χ0n) is 15.7. The Hall–Kier alpha value is -3.10. The maximum absolute atomic E-state index is 13.1. The van der Waals surface area contributed by atoms with Gasteiger partial charge in [-0.25, -0.2) is 9.97 Å². The molecule has 142 valence electrons. The Kier molecular flexibility index (Phi) is 4.14. The van der Waals surface area contributed by atoms with E-state index in [0.29, 0.717) is 16.6 Å². The van der Waals surface area contributed by atoms with Crippen LogP contribution in [-0.2, 0) is 6.54 Å². The number of rotatable bonds is 3. The van der Waals surface area contributed by atoms with Crippen LogP contribution >= 0.6 is 0 Å². The molecule has 0 unspecified atom stereocenters. The summed E-state index contributed by atoms with van der Waals surface area (Å²) in [5.74, 6) is 0. The molecule has 1 saturated heterocycles. The van der Waals surface area contributed by atoms with E-state index in [1.54, 1.807) is 17.0 Å². The number of fused-ring (bicyclic) bond motifs is 3. The minimum Gasteiger partial charge on any atom is -0.304 e. The number of aromatic amines is 1. The van der Waals surface area contributed by atoms with Gasteiger partial charge in [0.05, 0.1) is 28.2 Å². The first-order valence-corrected chi connectivity index (χ1v) is 9.39. The predicted molar refractivity (Wildman–Crippen MR) is 108 cm³/mol. The smallest absolute Gasteiger partial charge is 0.267 e. The highest BCUT2D eigenvalue weighted by Crippen LogP contribution is 2.21. The summed E-state index contributed by atoms with van der Waals surface area (Å²) < 4.78 is 1.63. The van der Waals surface area contributed by atoms with Crippen molar-refractivity contribution in [2.24, 2.45) is 0 Å². The van der Waals surface area contributed by atoms with E-state index in [0.717, 1.165) is 43.8 Å². The number of benzene rings is 1. The van der Waals surface area contributed by atoms with E-state index < -0.39 is 0 Å². The van der Waals surface area contributed by atoms with Gasteiger partial charge in [0.2, 0.25) is 0 Å². The van der Waals surface area contributed by atoms with Crippen molar-refractivity contribution in [2.45, 2.75) is 6.54 Å². The summed E-state index contributed by atoms with van der Waals surface area (Å²) in [4.78, 5) is 26.3. The molecule has 0 spiro atoms. The zero-order chi connectivity index (χ0) is 19.1. The van der Waals surface area contributed by atoms with E-state index >= 15 is 0 Å². The molecule has 5 rings (SSSR count). The lowest BCUT2D eigenvalue weighted by atomic mass is 10.1. The van der Waals surface area contributed by atoms with Gasteiger partial charge < -0.3 is 4.90 Å².